The van der Waals surface area contributed by atoms with Gasteiger partial charge in [-0.2, -0.15) is 0 Å². The highest BCUT2D eigenvalue weighted by Gasteiger charge is 2.11. The van der Waals surface area contributed by atoms with Crippen molar-refractivity contribution in [2.24, 2.45) is 0 Å². The maximum absolute atomic E-state index is 11.0. The lowest BCUT2D eigenvalue weighted by atomic mass is 10.2. The molecule has 3 nitrogen and oxygen atoms in total. The van der Waals surface area contributed by atoms with Crippen LogP contribution in [0.15, 0.2) is 42.5 Å². The predicted molar refractivity (Wildman–Crippen MR) is 94.0 cm³/mol. The van der Waals surface area contributed by atoms with Crippen LogP contribution in [0.1, 0.15) is 12.5 Å². The lowest BCUT2D eigenvalue weighted by Gasteiger charge is -2.12. The summed E-state index contributed by atoms with van der Waals surface area (Å²) < 4.78 is 12.8. The minimum absolute atomic E-state index is 0.324. The SMILES string of the molecule is CC(=O)Oc1cc(I)c(OCc2ccccc2)c(I)c1. The molecule has 5 heteroatoms. The van der Waals surface area contributed by atoms with Crippen molar-refractivity contribution in [2.75, 3.05) is 0 Å². The Morgan fingerprint density at radius 1 is 1.10 bits per heavy atom. The van der Waals surface area contributed by atoms with Gasteiger partial charge in [0.25, 0.3) is 0 Å². The van der Waals surface area contributed by atoms with Crippen molar-refractivity contribution >= 4 is 51.2 Å². The largest absolute Gasteiger partial charge is 0.487 e. The summed E-state index contributed by atoms with van der Waals surface area (Å²) in [5.74, 6) is 1.03. The fraction of sp³-hybridized carbons (Fsp3) is 0.133. The standard InChI is InChI=1S/C15H12I2O3/c1-10(18)20-12-7-13(16)15(14(17)8-12)19-9-11-5-3-2-4-6-11/h2-8H,9H2,1H3. The maximum Gasteiger partial charge on any atom is 0.308 e. The van der Waals surface area contributed by atoms with Gasteiger partial charge in [-0.3, -0.25) is 4.79 Å². The second-order valence-corrected chi connectivity index (χ2v) is 6.41. The topological polar surface area (TPSA) is 35.5 Å². The monoisotopic (exact) mass is 494 g/mol. The molecule has 0 atom stereocenters. The van der Waals surface area contributed by atoms with E-state index in [0.717, 1.165) is 18.5 Å². The average molecular weight is 494 g/mol. The predicted octanol–water partition coefficient (Wildman–Crippen LogP) is 4.40. The van der Waals surface area contributed by atoms with Crippen molar-refractivity contribution in [1.29, 1.82) is 0 Å². The number of esters is 1. The van der Waals surface area contributed by atoms with Gasteiger partial charge in [-0.05, 0) is 62.9 Å². The number of hydrogen-bond acceptors (Lipinski definition) is 3. The fourth-order valence-corrected chi connectivity index (χ4v) is 3.65. The van der Waals surface area contributed by atoms with E-state index < -0.39 is 0 Å². The summed E-state index contributed by atoms with van der Waals surface area (Å²) in [6.45, 7) is 1.90. The van der Waals surface area contributed by atoms with E-state index in [4.69, 9.17) is 9.47 Å². The molecule has 104 valence electrons. The Kier molecular flexibility index (Phi) is 5.64. The number of rotatable bonds is 4. The first kappa shape index (κ1) is 15.6. The lowest BCUT2D eigenvalue weighted by Crippen LogP contribution is -2.04. The van der Waals surface area contributed by atoms with Gasteiger partial charge in [0, 0.05) is 6.92 Å². The minimum atomic E-state index is -0.324. The summed E-state index contributed by atoms with van der Waals surface area (Å²) in [6, 6.07) is 13.6. The quantitative estimate of drug-likeness (QED) is 0.360. The molecule has 0 aliphatic rings. The Morgan fingerprint density at radius 2 is 1.70 bits per heavy atom. The number of ether oxygens (including phenoxy) is 2. The molecule has 0 radical (unpaired) electrons. The number of benzene rings is 2. The Hall–Kier alpha value is -0.830. The minimum Gasteiger partial charge on any atom is -0.487 e. The number of halogens is 2. The Balaban J connectivity index is 2.14. The van der Waals surface area contributed by atoms with Crippen molar-refractivity contribution < 1.29 is 14.3 Å². The molecule has 0 aliphatic carbocycles. The molecule has 0 aromatic heterocycles. The fourth-order valence-electron chi connectivity index (χ4n) is 1.63. The van der Waals surface area contributed by atoms with Crippen molar-refractivity contribution in [3.8, 4) is 11.5 Å². The van der Waals surface area contributed by atoms with E-state index in [2.05, 4.69) is 45.2 Å². The zero-order valence-corrected chi connectivity index (χ0v) is 15.0. The van der Waals surface area contributed by atoms with E-state index in [0.29, 0.717) is 12.4 Å². The zero-order valence-electron chi connectivity index (χ0n) is 10.7. The van der Waals surface area contributed by atoms with Crippen LogP contribution in [-0.4, -0.2) is 5.97 Å². The molecule has 0 unspecified atom stereocenters. The van der Waals surface area contributed by atoms with Gasteiger partial charge in [-0.25, -0.2) is 0 Å². The van der Waals surface area contributed by atoms with Gasteiger partial charge in [0.1, 0.15) is 18.1 Å². The molecular weight excluding hydrogens is 482 g/mol. The number of carbonyl (C=O) groups is 1. The summed E-state index contributed by atoms with van der Waals surface area (Å²) >= 11 is 4.36. The van der Waals surface area contributed by atoms with E-state index in [1.165, 1.54) is 6.92 Å². The first-order chi connectivity index (χ1) is 9.56. The Labute approximate surface area is 144 Å². The van der Waals surface area contributed by atoms with Gasteiger partial charge in [0.2, 0.25) is 0 Å². The Bertz CT molecular complexity index is 589. The van der Waals surface area contributed by atoms with Gasteiger partial charge in [-0.15, -0.1) is 0 Å². The molecule has 0 saturated heterocycles. The molecular formula is C15H12I2O3. The van der Waals surface area contributed by atoms with E-state index in [-0.39, 0.29) is 5.97 Å². The van der Waals surface area contributed by atoms with Crippen LogP contribution in [0.25, 0.3) is 0 Å². The molecule has 0 amide bonds. The lowest BCUT2D eigenvalue weighted by molar-refractivity contribution is -0.131. The van der Waals surface area contributed by atoms with Crippen LogP contribution in [0.3, 0.4) is 0 Å². The van der Waals surface area contributed by atoms with E-state index in [1.54, 1.807) is 12.1 Å². The second kappa shape index (κ2) is 7.26. The number of hydrogen-bond donors (Lipinski definition) is 0. The highest BCUT2D eigenvalue weighted by Crippen LogP contribution is 2.32. The molecule has 0 fully saturated rings. The van der Waals surface area contributed by atoms with Crippen molar-refractivity contribution in [3.63, 3.8) is 0 Å². The molecule has 0 spiro atoms. The molecule has 2 rings (SSSR count). The van der Waals surface area contributed by atoms with Crippen LogP contribution < -0.4 is 9.47 Å². The first-order valence-electron chi connectivity index (χ1n) is 5.90. The maximum atomic E-state index is 11.0. The molecule has 2 aromatic rings. The second-order valence-electron chi connectivity index (χ2n) is 4.08. The summed E-state index contributed by atoms with van der Waals surface area (Å²) in [6.07, 6.45) is 0. The molecule has 0 bridgehead atoms. The van der Waals surface area contributed by atoms with E-state index >= 15 is 0 Å². The van der Waals surface area contributed by atoms with Crippen LogP contribution in [0.4, 0.5) is 0 Å². The van der Waals surface area contributed by atoms with Crippen molar-refractivity contribution in [2.45, 2.75) is 13.5 Å². The normalized spacial score (nSPS) is 10.2. The van der Waals surface area contributed by atoms with Crippen molar-refractivity contribution in [3.05, 3.63) is 55.2 Å². The molecule has 20 heavy (non-hydrogen) atoms. The molecule has 0 aliphatic heterocycles. The molecule has 0 saturated carbocycles. The van der Waals surface area contributed by atoms with E-state index in [9.17, 15) is 4.79 Å². The van der Waals surface area contributed by atoms with Gasteiger partial charge in [0.15, 0.2) is 0 Å². The van der Waals surface area contributed by atoms with Crippen LogP contribution in [0.5, 0.6) is 11.5 Å². The van der Waals surface area contributed by atoms with Crippen LogP contribution >= 0.6 is 45.2 Å². The summed E-state index contributed by atoms with van der Waals surface area (Å²) in [7, 11) is 0. The first-order valence-corrected chi connectivity index (χ1v) is 8.06. The summed E-state index contributed by atoms with van der Waals surface area (Å²) in [4.78, 5) is 11.0. The van der Waals surface area contributed by atoms with Gasteiger partial charge in [-0.1, -0.05) is 30.3 Å². The summed E-state index contributed by atoms with van der Waals surface area (Å²) in [5, 5.41) is 0. The molecule has 2 aromatic carbocycles. The molecule has 0 N–H and O–H groups in total. The Morgan fingerprint density at radius 3 is 2.25 bits per heavy atom. The van der Waals surface area contributed by atoms with Gasteiger partial charge < -0.3 is 9.47 Å². The average Bonchev–Trinajstić information content (AvgIpc) is 2.38. The number of carbonyl (C=O) groups excluding carboxylic acids is 1. The highest BCUT2D eigenvalue weighted by atomic mass is 127. The smallest absolute Gasteiger partial charge is 0.308 e. The zero-order chi connectivity index (χ0) is 14.5. The van der Waals surface area contributed by atoms with Gasteiger partial charge >= 0.3 is 5.97 Å². The highest BCUT2D eigenvalue weighted by molar-refractivity contribution is 14.1. The van der Waals surface area contributed by atoms with Crippen molar-refractivity contribution in [1.82, 2.24) is 0 Å². The third-order valence-electron chi connectivity index (χ3n) is 2.46. The third-order valence-corrected chi connectivity index (χ3v) is 4.06. The summed E-state index contributed by atoms with van der Waals surface area (Å²) in [5.41, 5.74) is 1.11. The van der Waals surface area contributed by atoms with Crippen LogP contribution in [-0.2, 0) is 11.4 Å². The third kappa shape index (κ3) is 4.34. The molecule has 0 heterocycles. The van der Waals surface area contributed by atoms with E-state index in [1.807, 2.05) is 30.3 Å². The van der Waals surface area contributed by atoms with Crippen LogP contribution in [0, 0.1) is 7.14 Å². The van der Waals surface area contributed by atoms with Crippen LogP contribution in [0.2, 0.25) is 0 Å². The van der Waals surface area contributed by atoms with Gasteiger partial charge in [0.05, 0.1) is 7.14 Å².